The molecule has 1 fully saturated rings. The van der Waals surface area contributed by atoms with E-state index in [1.165, 1.54) is 11.6 Å². The fourth-order valence-corrected chi connectivity index (χ4v) is 3.94. The van der Waals surface area contributed by atoms with Crippen molar-refractivity contribution in [2.24, 2.45) is 5.41 Å². The Balaban J connectivity index is 1.67. The van der Waals surface area contributed by atoms with E-state index in [0.29, 0.717) is 18.6 Å². The van der Waals surface area contributed by atoms with Gasteiger partial charge in [0.2, 0.25) is 0 Å². The lowest BCUT2D eigenvalue weighted by Gasteiger charge is -2.42. The minimum atomic E-state index is -0.272. The molecular formula is C22H28FNO2. The summed E-state index contributed by atoms with van der Waals surface area (Å²) in [6, 6.07) is 15.1. The highest BCUT2D eigenvalue weighted by molar-refractivity contribution is 5.27. The number of ether oxygens (including phenoxy) is 1. The van der Waals surface area contributed by atoms with E-state index in [9.17, 15) is 9.50 Å². The summed E-state index contributed by atoms with van der Waals surface area (Å²) in [7, 11) is 0. The maximum atomic E-state index is 14.1. The molecule has 3 nitrogen and oxygen atoms in total. The van der Waals surface area contributed by atoms with E-state index >= 15 is 0 Å². The van der Waals surface area contributed by atoms with Crippen LogP contribution < -0.4 is 4.74 Å². The maximum absolute atomic E-state index is 14.1. The zero-order valence-electron chi connectivity index (χ0n) is 15.5. The van der Waals surface area contributed by atoms with Crippen LogP contribution in [0, 0.1) is 11.2 Å². The molecule has 1 heterocycles. The molecule has 0 saturated carbocycles. The van der Waals surface area contributed by atoms with Crippen LogP contribution in [-0.4, -0.2) is 36.3 Å². The summed E-state index contributed by atoms with van der Waals surface area (Å²) >= 11 is 0. The normalized spacial score (nSPS) is 20.9. The lowest BCUT2D eigenvalue weighted by atomic mass is 9.75. The van der Waals surface area contributed by atoms with Gasteiger partial charge in [0.25, 0.3) is 0 Å². The van der Waals surface area contributed by atoms with Crippen LogP contribution in [-0.2, 0) is 13.0 Å². The van der Waals surface area contributed by atoms with Gasteiger partial charge in [0, 0.05) is 18.5 Å². The van der Waals surface area contributed by atoms with Crippen molar-refractivity contribution in [1.82, 2.24) is 4.90 Å². The predicted octanol–water partition coefficient (Wildman–Crippen LogP) is 4.04. The van der Waals surface area contributed by atoms with E-state index in [1.54, 1.807) is 6.07 Å². The fraction of sp³-hybridized carbons (Fsp3) is 0.455. The Hall–Kier alpha value is -1.91. The molecule has 2 aromatic rings. The number of aliphatic hydroxyl groups is 1. The second-order valence-electron chi connectivity index (χ2n) is 7.32. The van der Waals surface area contributed by atoms with Gasteiger partial charge in [-0.05, 0) is 62.1 Å². The minimum Gasteiger partial charge on any atom is -0.494 e. The third kappa shape index (κ3) is 4.63. The molecule has 3 rings (SSSR count). The van der Waals surface area contributed by atoms with Gasteiger partial charge in [-0.3, -0.25) is 4.90 Å². The minimum absolute atomic E-state index is 0.0844. The second-order valence-corrected chi connectivity index (χ2v) is 7.32. The Bertz CT molecular complexity index is 704. The molecule has 140 valence electrons. The second kappa shape index (κ2) is 8.65. The summed E-state index contributed by atoms with van der Waals surface area (Å²) in [6.45, 7) is 5.36. The SMILES string of the molecule is CCOc1ccc(CN2CCC[C@@](CO)(Cc3ccccc3F)C2)cc1. The molecule has 4 heteroatoms. The van der Waals surface area contributed by atoms with Crippen LogP contribution in [0.1, 0.15) is 30.9 Å². The monoisotopic (exact) mass is 357 g/mol. The van der Waals surface area contributed by atoms with Gasteiger partial charge in [-0.2, -0.15) is 0 Å². The van der Waals surface area contributed by atoms with Gasteiger partial charge in [-0.1, -0.05) is 30.3 Å². The number of halogens is 1. The zero-order valence-corrected chi connectivity index (χ0v) is 15.5. The van der Waals surface area contributed by atoms with E-state index in [4.69, 9.17) is 4.74 Å². The third-order valence-corrected chi connectivity index (χ3v) is 5.24. The molecule has 0 amide bonds. The smallest absolute Gasteiger partial charge is 0.126 e. The summed E-state index contributed by atoms with van der Waals surface area (Å²) in [4.78, 5) is 2.37. The molecule has 1 atom stereocenters. The summed E-state index contributed by atoms with van der Waals surface area (Å²) in [5.41, 5.74) is 1.66. The van der Waals surface area contributed by atoms with Gasteiger partial charge < -0.3 is 9.84 Å². The highest BCUT2D eigenvalue weighted by Crippen LogP contribution is 2.34. The quantitative estimate of drug-likeness (QED) is 0.812. The Labute approximate surface area is 155 Å². The van der Waals surface area contributed by atoms with Crippen LogP contribution >= 0.6 is 0 Å². The average molecular weight is 357 g/mol. The number of piperidine rings is 1. The van der Waals surface area contributed by atoms with Crippen molar-refractivity contribution < 1.29 is 14.2 Å². The van der Waals surface area contributed by atoms with Crippen LogP contribution in [0.3, 0.4) is 0 Å². The molecule has 26 heavy (non-hydrogen) atoms. The first-order valence-corrected chi connectivity index (χ1v) is 9.42. The van der Waals surface area contributed by atoms with Crippen LogP contribution in [0.2, 0.25) is 0 Å². The summed E-state index contributed by atoms with van der Waals surface area (Å²) in [6.07, 6.45) is 2.53. The first-order valence-electron chi connectivity index (χ1n) is 9.42. The molecule has 1 N–H and O–H groups in total. The number of hydrogen-bond donors (Lipinski definition) is 1. The van der Waals surface area contributed by atoms with Crippen LogP contribution in [0.4, 0.5) is 4.39 Å². The van der Waals surface area contributed by atoms with E-state index < -0.39 is 0 Å². The Kier molecular flexibility index (Phi) is 6.28. The molecule has 1 aliphatic rings. The summed E-state index contributed by atoms with van der Waals surface area (Å²) < 4.78 is 19.6. The van der Waals surface area contributed by atoms with Crippen molar-refractivity contribution in [1.29, 1.82) is 0 Å². The van der Waals surface area contributed by atoms with Crippen molar-refractivity contribution in [3.8, 4) is 5.75 Å². The van der Waals surface area contributed by atoms with Crippen molar-refractivity contribution in [3.63, 3.8) is 0 Å². The van der Waals surface area contributed by atoms with Gasteiger partial charge in [0.15, 0.2) is 0 Å². The number of rotatable bonds is 7. The number of likely N-dealkylation sites (tertiary alicyclic amines) is 1. The Morgan fingerprint density at radius 1 is 1.15 bits per heavy atom. The molecule has 1 aliphatic heterocycles. The lowest BCUT2D eigenvalue weighted by molar-refractivity contribution is 0.0283. The standard InChI is InChI=1S/C22H28FNO2/c1-2-26-20-10-8-18(9-11-20)15-24-13-5-12-22(16-24,17-25)14-19-6-3-4-7-21(19)23/h3-4,6-11,25H,2,5,12-17H2,1H3/t22-/m1/s1. The third-order valence-electron chi connectivity index (χ3n) is 5.24. The number of aliphatic hydroxyl groups excluding tert-OH is 1. The molecular weight excluding hydrogens is 329 g/mol. The summed E-state index contributed by atoms with van der Waals surface area (Å²) in [5, 5.41) is 10.1. The molecule has 1 saturated heterocycles. The predicted molar refractivity (Wildman–Crippen MR) is 102 cm³/mol. The first-order chi connectivity index (χ1) is 12.6. The van der Waals surface area contributed by atoms with E-state index in [-0.39, 0.29) is 17.8 Å². The molecule has 0 aliphatic carbocycles. The fourth-order valence-electron chi connectivity index (χ4n) is 3.94. The highest BCUT2D eigenvalue weighted by atomic mass is 19.1. The molecule has 0 spiro atoms. The van der Waals surface area contributed by atoms with Gasteiger partial charge >= 0.3 is 0 Å². The lowest BCUT2D eigenvalue weighted by Crippen LogP contribution is -2.46. The van der Waals surface area contributed by atoms with E-state index in [2.05, 4.69) is 17.0 Å². The van der Waals surface area contributed by atoms with Gasteiger partial charge in [0.05, 0.1) is 13.2 Å². The Morgan fingerprint density at radius 2 is 1.92 bits per heavy atom. The van der Waals surface area contributed by atoms with E-state index in [0.717, 1.165) is 38.2 Å². The molecule has 0 bridgehead atoms. The topological polar surface area (TPSA) is 32.7 Å². The average Bonchev–Trinajstić information content (AvgIpc) is 2.66. The number of hydrogen-bond acceptors (Lipinski definition) is 3. The highest BCUT2D eigenvalue weighted by Gasteiger charge is 2.35. The zero-order chi connectivity index (χ0) is 18.4. The maximum Gasteiger partial charge on any atom is 0.126 e. The van der Waals surface area contributed by atoms with Crippen LogP contribution in [0.15, 0.2) is 48.5 Å². The van der Waals surface area contributed by atoms with Gasteiger partial charge in [0.1, 0.15) is 11.6 Å². The first kappa shape index (κ1) is 18.9. The van der Waals surface area contributed by atoms with Crippen molar-refractivity contribution in [3.05, 3.63) is 65.5 Å². The Morgan fingerprint density at radius 3 is 2.62 bits per heavy atom. The van der Waals surface area contributed by atoms with E-state index in [1.807, 2.05) is 31.2 Å². The molecule has 0 unspecified atom stereocenters. The van der Waals surface area contributed by atoms with Crippen molar-refractivity contribution in [2.75, 3.05) is 26.3 Å². The molecule has 0 aromatic heterocycles. The molecule has 0 radical (unpaired) electrons. The number of benzene rings is 2. The van der Waals surface area contributed by atoms with Crippen LogP contribution in [0.25, 0.3) is 0 Å². The molecule has 2 aromatic carbocycles. The number of nitrogens with zero attached hydrogens (tertiary/aromatic N) is 1. The summed E-state index contributed by atoms with van der Waals surface area (Å²) in [5.74, 6) is 0.711. The van der Waals surface area contributed by atoms with Gasteiger partial charge in [-0.25, -0.2) is 4.39 Å². The van der Waals surface area contributed by atoms with Gasteiger partial charge in [-0.15, -0.1) is 0 Å². The van der Waals surface area contributed by atoms with Crippen molar-refractivity contribution in [2.45, 2.75) is 32.7 Å². The largest absolute Gasteiger partial charge is 0.494 e. The van der Waals surface area contributed by atoms with Crippen LogP contribution in [0.5, 0.6) is 5.75 Å². The van der Waals surface area contributed by atoms with Crippen molar-refractivity contribution >= 4 is 0 Å².